The average Bonchev–Trinajstić information content (AvgIpc) is 3.28. The molecule has 0 heterocycles. The highest BCUT2D eigenvalue weighted by atomic mass is 16.6. The molecule has 0 bridgehead atoms. The molecule has 63 heavy (non-hydrogen) atoms. The minimum Gasteiger partial charge on any atom is -0.462 e. The molecule has 0 N–H and O–H groups in total. The summed E-state index contributed by atoms with van der Waals surface area (Å²) in [6, 6.07) is 0. The number of unbranched alkanes of at least 4 members (excludes halogenated alkanes) is 30. The van der Waals surface area contributed by atoms with Crippen LogP contribution in [0.25, 0.3) is 0 Å². The first-order valence-corrected chi connectivity index (χ1v) is 27.1. The topological polar surface area (TPSA) is 78.9 Å². The van der Waals surface area contributed by atoms with Crippen LogP contribution in [0.1, 0.15) is 278 Å². The van der Waals surface area contributed by atoms with Crippen LogP contribution >= 0.6 is 0 Å². The van der Waals surface area contributed by atoms with Gasteiger partial charge in [-0.15, -0.1) is 0 Å². The van der Waals surface area contributed by atoms with Gasteiger partial charge in [0.25, 0.3) is 0 Å². The molecule has 0 spiro atoms. The monoisotopic (exact) mass is 883 g/mol. The normalized spacial score (nSPS) is 12.4. The lowest BCUT2D eigenvalue weighted by molar-refractivity contribution is -0.167. The van der Waals surface area contributed by atoms with Crippen LogP contribution in [0.4, 0.5) is 0 Å². The van der Waals surface area contributed by atoms with E-state index in [0.29, 0.717) is 19.3 Å². The molecular weight excluding hydrogens is 781 g/mol. The molecule has 0 aliphatic rings. The summed E-state index contributed by atoms with van der Waals surface area (Å²) in [5.74, 6) is -0.932. The molecule has 0 amide bonds. The summed E-state index contributed by atoms with van der Waals surface area (Å²) in [7, 11) is 0. The molecular formula is C57H102O6. The SMILES string of the molecule is CCCCC/C=C\C/C=C\C/C=C\C/C=C\CCCC(=O)OCC(COC(=O)CCCCCCCCCCCCCCCC)OC(=O)CCCCCCCCCCCCCCCC. The summed E-state index contributed by atoms with van der Waals surface area (Å²) >= 11 is 0. The maximum Gasteiger partial charge on any atom is 0.306 e. The Morgan fingerprint density at radius 1 is 0.317 bits per heavy atom. The Kier molecular flexibility index (Phi) is 49.8. The van der Waals surface area contributed by atoms with Crippen molar-refractivity contribution in [3.8, 4) is 0 Å². The maximum absolute atomic E-state index is 12.8. The number of carbonyl (C=O) groups excluding carboxylic acids is 3. The third-order valence-corrected chi connectivity index (χ3v) is 11.8. The highest BCUT2D eigenvalue weighted by Crippen LogP contribution is 2.16. The van der Waals surface area contributed by atoms with Crippen molar-refractivity contribution in [3.05, 3.63) is 48.6 Å². The van der Waals surface area contributed by atoms with E-state index in [-0.39, 0.29) is 37.5 Å². The molecule has 0 rings (SSSR count). The summed E-state index contributed by atoms with van der Waals surface area (Å²) in [5, 5.41) is 0. The number of carbonyl (C=O) groups is 3. The van der Waals surface area contributed by atoms with Gasteiger partial charge in [-0.05, 0) is 57.8 Å². The number of ether oxygens (including phenoxy) is 3. The maximum atomic E-state index is 12.8. The second-order valence-corrected chi connectivity index (χ2v) is 18.2. The Hall–Kier alpha value is -2.63. The van der Waals surface area contributed by atoms with Crippen molar-refractivity contribution < 1.29 is 28.6 Å². The Balaban J connectivity index is 4.43. The van der Waals surface area contributed by atoms with Crippen LogP contribution in [-0.4, -0.2) is 37.2 Å². The predicted octanol–water partition coefficient (Wildman–Crippen LogP) is 17.9. The molecule has 6 nitrogen and oxygen atoms in total. The summed E-state index contributed by atoms with van der Waals surface area (Å²) < 4.78 is 16.8. The lowest BCUT2D eigenvalue weighted by atomic mass is 10.0. The average molecular weight is 883 g/mol. The first kappa shape index (κ1) is 60.4. The van der Waals surface area contributed by atoms with Crippen LogP contribution in [0.3, 0.4) is 0 Å². The van der Waals surface area contributed by atoms with Crippen molar-refractivity contribution in [2.75, 3.05) is 13.2 Å². The zero-order chi connectivity index (χ0) is 45.8. The van der Waals surface area contributed by atoms with E-state index >= 15 is 0 Å². The third-order valence-electron chi connectivity index (χ3n) is 11.8. The van der Waals surface area contributed by atoms with Crippen LogP contribution in [-0.2, 0) is 28.6 Å². The molecule has 0 aromatic rings. The van der Waals surface area contributed by atoms with Gasteiger partial charge >= 0.3 is 17.9 Å². The van der Waals surface area contributed by atoms with Gasteiger partial charge in [0.05, 0.1) is 0 Å². The molecule has 0 aliphatic carbocycles. The number of hydrogen-bond donors (Lipinski definition) is 0. The Bertz CT molecular complexity index is 1110. The molecule has 0 radical (unpaired) electrons. The number of allylic oxidation sites excluding steroid dienone is 8. The lowest BCUT2D eigenvalue weighted by Crippen LogP contribution is -2.30. The van der Waals surface area contributed by atoms with Crippen molar-refractivity contribution in [1.82, 2.24) is 0 Å². The molecule has 366 valence electrons. The Morgan fingerprint density at radius 3 is 0.952 bits per heavy atom. The number of hydrogen-bond acceptors (Lipinski definition) is 6. The zero-order valence-corrected chi connectivity index (χ0v) is 41.8. The van der Waals surface area contributed by atoms with Gasteiger partial charge in [-0.25, -0.2) is 0 Å². The molecule has 0 saturated carbocycles. The first-order chi connectivity index (χ1) is 31.0. The minimum atomic E-state index is -0.790. The van der Waals surface area contributed by atoms with E-state index in [1.165, 1.54) is 167 Å². The van der Waals surface area contributed by atoms with E-state index in [0.717, 1.165) is 64.2 Å². The minimum absolute atomic E-state index is 0.0859. The molecule has 6 heteroatoms. The first-order valence-electron chi connectivity index (χ1n) is 27.1. The molecule has 1 atom stereocenters. The molecule has 0 aliphatic heterocycles. The molecule has 0 fully saturated rings. The van der Waals surface area contributed by atoms with Gasteiger partial charge in [0, 0.05) is 19.3 Å². The third kappa shape index (κ3) is 50.2. The molecule has 1 unspecified atom stereocenters. The number of esters is 3. The van der Waals surface area contributed by atoms with Crippen molar-refractivity contribution in [3.63, 3.8) is 0 Å². The largest absolute Gasteiger partial charge is 0.462 e. The van der Waals surface area contributed by atoms with E-state index in [1.54, 1.807) is 0 Å². The summed E-state index contributed by atoms with van der Waals surface area (Å²) in [6.07, 6.45) is 62.4. The molecule has 0 aromatic carbocycles. The zero-order valence-electron chi connectivity index (χ0n) is 41.8. The van der Waals surface area contributed by atoms with Gasteiger partial charge < -0.3 is 14.2 Å². The van der Waals surface area contributed by atoms with Crippen molar-refractivity contribution in [2.24, 2.45) is 0 Å². The number of rotatable bonds is 49. The van der Waals surface area contributed by atoms with Gasteiger partial charge in [0.1, 0.15) is 13.2 Å². The van der Waals surface area contributed by atoms with E-state index < -0.39 is 6.10 Å². The smallest absolute Gasteiger partial charge is 0.306 e. The van der Waals surface area contributed by atoms with Crippen LogP contribution < -0.4 is 0 Å². The van der Waals surface area contributed by atoms with Crippen molar-refractivity contribution in [1.29, 1.82) is 0 Å². The van der Waals surface area contributed by atoms with Crippen LogP contribution in [0.5, 0.6) is 0 Å². The van der Waals surface area contributed by atoms with E-state index in [1.807, 2.05) is 0 Å². The standard InChI is InChI=1S/C57H102O6/c1-4-7-10-13-16-19-22-25-28-29-30-33-35-38-41-44-47-50-56(59)62-53-54(63-57(60)51-48-45-42-39-36-32-27-24-21-18-15-12-9-6-3)52-61-55(58)49-46-43-40-37-34-31-26-23-20-17-14-11-8-5-2/h16,19,25,28,30,33,38,41,54H,4-15,17-18,20-24,26-27,29,31-32,34-37,39-40,42-53H2,1-3H3/b19-16-,28-25-,33-30-,41-38-. The summed E-state index contributed by atoms with van der Waals surface area (Å²) in [4.78, 5) is 38.0. The van der Waals surface area contributed by atoms with Crippen molar-refractivity contribution >= 4 is 17.9 Å². The van der Waals surface area contributed by atoms with Gasteiger partial charge in [0.2, 0.25) is 0 Å². The van der Waals surface area contributed by atoms with Gasteiger partial charge in [-0.1, -0.05) is 249 Å². The highest BCUT2D eigenvalue weighted by molar-refractivity contribution is 5.71. The quantitative estimate of drug-likeness (QED) is 0.0262. The lowest BCUT2D eigenvalue weighted by Gasteiger charge is -2.18. The molecule has 0 aromatic heterocycles. The van der Waals surface area contributed by atoms with Gasteiger partial charge in [0.15, 0.2) is 6.10 Å². The summed E-state index contributed by atoms with van der Waals surface area (Å²) in [6.45, 7) is 6.59. The van der Waals surface area contributed by atoms with Crippen molar-refractivity contribution in [2.45, 2.75) is 284 Å². The van der Waals surface area contributed by atoms with E-state index in [4.69, 9.17) is 14.2 Å². The summed E-state index contributed by atoms with van der Waals surface area (Å²) in [5.41, 5.74) is 0. The van der Waals surface area contributed by atoms with Crippen LogP contribution in [0.2, 0.25) is 0 Å². The molecule has 0 saturated heterocycles. The highest BCUT2D eigenvalue weighted by Gasteiger charge is 2.19. The van der Waals surface area contributed by atoms with Crippen LogP contribution in [0.15, 0.2) is 48.6 Å². The second-order valence-electron chi connectivity index (χ2n) is 18.2. The second kappa shape index (κ2) is 52.0. The fraction of sp³-hybridized carbons (Fsp3) is 0.807. The van der Waals surface area contributed by atoms with E-state index in [2.05, 4.69) is 69.4 Å². The Labute approximate surface area is 390 Å². The van der Waals surface area contributed by atoms with E-state index in [9.17, 15) is 14.4 Å². The fourth-order valence-corrected chi connectivity index (χ4v) is 7.73. The predicted molar refractivity (Wildman–Crippen MR) is 270 cm³/mol. The fourth-order valence-electron chi connectivity index (χ4n) is 7.73. The van der Waals surface area contributed by atoms with Gasteiger partial charge in [-0.2, -0.15) is 0 Å². The van der Waals surface area contributed by atoms with Crippen LogP contribution in [0, 0.1) is 0 Å². The van der Waals surface area contributed by atoms with Gasteiger partial charge in [-0.3, -0.25) is 14.4 Å². The Morgan fingerprint density at radius 2 is 0.587 bits per heavy atom.